The number of fused-ring (bicyclic) bond motifs is 1. The fourth-order valence-electron chi connectivity index (χ4n) is 3.76. The summed E-state index contributed by atoms with van der Waals surface area (Å²) in [6, 6.07) is 3.61. The van der Waals surface area contributed by atoms with Gasteiger partial charge in [0.1, 0.15) is 12.1 Å². The zero-order chi connectivity index (χ0) is 23.0. The summed E-state index contributed by atoms with van der Waals surface area (Å²) in [6.45, 7) is 1.83. The number of anilines is 1. The van der Waals surface area contributed by atoms with Crippen molar-refractivity contribution in [2.75, 3.05) is 18.4 Å². The predicted octanol–water partition coefficient (Wildman–Crippen LogP) is 1.27. The van der Waals surface area contributed by atoms with Crippen LogP contribution in [-0.4, -0.2) is 67.3 Å². The van der Waals surface area contributed by atoms with Gasteiger partial charge in [0.2, 0.25) is 0 Å². The molecule has 1 fully saturated rings. The summed E-state index contributed by atoms with van der Waals surface area (Å²) in [4.78, 5) is 25.8. The van der Waals surface area contributed by atoms with Crippen molar-refractivity contribution >= 4 is 46.0 Å². The third-order valence-electron chi connectivity index (χ3n) is 5.56. The number of hydrogen-bond donors (Lipinski definition) is 2. The molecule has 9 nitrogen and oxygen atoms in total. The fourth-order valence-corrected chi connectivity index (χ4v) is 3.76. The SMILES string of the molecule is [B]C([B])([B])n1cc(-c2cc3cc(NC(=O)c4coc(C5CCNCC5)n4)ncc3cn2)cn1. The Morgan fingerprint density at radius 1 is 1.12 bits per heavy atom. The second kappa shape index (κ2) is 8.51. The lowest BCUT2D eigenvalue weighted by atomic mass is 9.49. The van der Waals surface area contributed by atoms with Gasteiger partial charge in [0, 0.05) is 35.5 Å². The summed E-state index contributed by atoms with van der Waals surface area (Å²) >= 11 is 0. The normalized spacial score (nSPS) is 15.0. The van der Waals surface area contributed by atoms with Gasteiger partial charge >= 0.3 is 0 Å². The van der Waals surface area contributed by atoms with Crippen LogP contribution in [-0.2, 0) is 5.24 Å². The number of carbonyl (C=O) groups excluding carboxylic acids is 1. The molecule has 0 saturated carbocycles. The largest absolute Gasteiger partial charge is 0.448 e. The minimum absolute atomic E-state index is 0.224. The molecule has 0 atom stereocenters. The minimum atomic E-state index is -1.61. The lowest BCUT2D eigenvalue weighted by Gasteiger charge is -2.20. The van der Waals surface area contributed by atoms with Crippen LogP contribution in [0.1, 0.15) is 35.1 Å². The highest BCUT2D eigenvalue weighted by Gasteiger charge is 2.22. The number of oxazole rings is 1. The van der Waals surface area contributed by atoms with Crippen LogP contribution in [0.4, 0.5) is 5.82 Å². The van der Waals surface area contributed by atoms with Crippen LogP contribution in [0.25, 0.3) is 22.0 Å². The van der Waals surface area contributed by atoms with Crippen LogP contribution in [0, 0.1) is 0 Å². The Morgan fingerprint density at radius 3 is 2.67 bits per heavy atom. The third kappa shape index (κ3) is 4.56. The molecule has 1 aliphatic rings. The average Bonchev–Trinajstić information content (AvgIpc) is 3.49. The van der Waals surface area contributed by atoms with E-state index in [9.17, 15) is 4.79 Å². The Morgan fingerprint density at radius 2 is 1.91 bits per heavy atom. The van der Waals surface area contributed by atoms with E-state index in [0.29, 0.717) is 23.0 Å². The van der Waals surface area contributed by atoms with Gasteiger partial charge in [-0.1, -0.05) is 0 Å². The van der Waals surface area contributed by atoms with E-state index in [0.717, 1.165) is 36.7 Å². The van der Waals surface area contributed by atoms with Crippen LogP contribution in [0.2, 0.25) is 0 Å². The number of piperidine rings is 1. The van der Waals surface area contributed by atoms with E-state index >= 15 is 0 Å². The monoisotopic (exact) mass is 433 g/mol. The first-order valence-corrected chi connectivity index (χ1v) is 10.5. The molecule has 158 valence electrons. The van der Waals surface area contributed by atoms with Crippen molar-refractivity contribution in [1.29, 1.82) is 0 Å². The minimum Gasteiger partial charge on any atom is -0.448 e. The van der Waals surface area contributed by atoms with Crippen LogP contribution >= 0.6 is 0 Å². The van der Waals surface area contributed by atoms with Crippen molar-refractivity contribution in [2.45, 2.75) is 24.0 Å². The first kappa shape index (κ1) is 21.5. The first-order valence-electron chi connectivity index (χ1n) is 10.5. The highest BCUT2D eigenvalue weighted by atomic mass is 16.3. The summed E-state index contributed by atoms with van der Waals surface area (Å²) in [7, 11) is 17.0. The number of nitrogens with zero attached hydrogens (tertiary/aromatic N) is 5. The average molecular weight is 433 g/mol. The number of rotatable bonds is 5. The molecule has 6 radical (unpaired) electrons. The Hall–Kier alpha value is -3.40. The number of pyridine rings is 2. The highest BCUT2D eigenvalue weighted by Crippen LogP contribution is 2.26. The van der Waals surface area contributed by atoms with Crippen LogP contribution in [0.5, 0.6) is 0 Å². The molecule has 0 spiro atoms. The van der Waals surface area contributed by atoms with Gasteiger partial charge in [0.05, 0.1) is 35.4 Å². The molecule has 2 N–H and O–H groups in total. The van der Waals surface area contributed by atoms with Crippen molar-refractivity contribution in [3.8, 4) is 11.3 Å². The molecule has 12 heteroatoms. The second-order valence-corrected chi connectivity index (χ2v) is 8.10. The zero-order valence-electron chi connectivity index (χ0n) is 17.7. The number of amides is 1. The Balaban J connectivity index is 1.35. The number of carbonyl (C=O) groups is 1. The molecule has 0 aromatic carbocycles. The van der Waals surface area contributed by atoms with E-state index in [1.165, 1.54) is 10.9 Å². The van der Waals surface area contributed by atoms with Crippen molar-refractivity contribution < 1.29 is 9.21 Å². The van der Waals surface area contributed by atoms with E-state index in [4.69, 9.17) is 28.0 Å². The van der Waals surface area contributed by atoms with Gasteiger partial charge in [0.25, 0.3) is 5.91 Å². The summed E-state index contributed by atoms with van der Waals surface area (Å²) < 4.78 is 6.81. The molecule has 0 unspecified atom stereocenters. The van der Waals surface area contributed by atoms with Crippen molar-refractivity contribution in [1.82, 2.24) is 30.0 Å². The van der Waals surface area contributed by atoms with Gasteiger partial charge in [-0.15, -0.1) is 0 Å². The maximum absolute atomic E-state index is 12.7. The lowest BCUT2D eigenvalue weighted by Crippen LogP contribution is -2.35. The third-order valence-corrected chi connectivity index (χ3v) is 5.56. The van der Waals surface area contributed by atoms with Gasteiger partial charge in [0.15, 0.2) is 11.6 Å². The van der Waals surface area contributed by atoms with Gasteiger partial charge < -0.3 is 15.1 Å². The molecule has 33 heavy (non-hydrogen) atoms. The van der Waals surface area contributed by atoms with E-state index < -0.39 is 5.24 Å². The Labute approximate surface area is 194 Å². The maximum atomic E-state index is 12.7. The van der Waals surface area contributed by atoms with Gasteiger partial charge in [-0.2, -0.15) is 5.10 Å². The van der Waals surface area contributed by atoms with Gasteiger partial charge in [-0.3, -0.25) is 14.5 Å². The quantitative estimate of drug-likeness (QED) is 0.457. The van der Waals surface area contributed by atoms with Crippen molar-refractivity contribution in [3.05, 3.63) is 54.8 Å². The summed E-state index contributed by atoms with van der Waals surface area (Å²) in [5.74, 6) is 0.828. The van der Waals surface area contributed by atoms with Crippen LogP contribution in [0.3, 0.4) is 0 Å². The lowest BCUT2D eigenvalue weighted by molar-refractivity contribution is 0.102. The number of nitrogens with one attached hydrogen (secondary N) is 2. The van der Waals surface area contributed by atoms with Gasteiger partial charge in [-0.05, 0) is 48.7 Å². The molecule has 0 bridgehead atoms. The molecule has 5 heterocycles. The molecular weight excluding hydrogens is 415 g/mol. The van der Waals surface area contributed by atoms with Crippen LogP contribution in [0.15, 0.2) is 47.6 Å². The first-order chi connectivity index (χ1) is 15.9. The van der Waals surface area contributed by atoms with E-state index in [2.05, 4.69) is 30.7 Å². The van der Waals surface area contributed by atoms with E-state index in [1.807, 2.05) is 6.07 Å². The fraction of sp³-hybridized carbons (Fsp3) is 0.286. The molecule has 5 rings (SSSR count). The van der Waals surface area contributed by atoms with E-state index in [1.54, 1.807) is 30.9 Å². The highest BCUT2D eigenvalue weighted by molar-refractivity contribution is 6.56. The molecule has 1 saturated heterocycles. The topological polar surface area (TPSA) is 111 Å². The molecule has 4 aromatic heterocycles. The Bertz CT molecular complexity index is 1310. The maximum Gasteiger partial charge on any atom is 0.278 e. The molecule has 0 aliphatic carbocycles. The summed E-state index contributed by atoms with van der Waals surface area (Å²) in [5, 5.41) is 10.2. The summed E-state index contributed by atoms with van der Waals surface area (Å²) in [6.07, 6.45) is 9.77. The molecule has 1 aliphatic heterocycles. The summed E-state index contributed by atoms with van der Waals surface area (Å²) in [5.41, 5.74) is 1.56. The smallest absolute Gasteiger partial charge is 0.278 e. The van der Waals surface area contributed by atoms with E-state index in [-0.39, 0.29) is 17.5 Å². The van der Waals surface area contributed by atoms with Gasteiger partial charge in [-0.25, -0.2) is 9.97 Å². The van der Waals surface area contributed by atoms with Crippen molar-refractivity contribution in [3.63, 3.8) is 0 Å². The second-order valence-electron chi connectivity index (χ2n) is 8.10. The number of hydrogen-bond acceptors (Lipinski definition) is 7. The zero-order valence-corrected chi connectivity index (χ0v) is 17.7. The van der Waals surface area contributed by atoms with Crippen molar-refractivity contribution in [2.24, 2.45) is 0 Å². The molecular formula is C21H18B3N7O2. The predicted molar refractivity (Wildman–Crippen MR) is 125 cm³/mol. The number of aromatic nitrogens is 5. The molecule has 4 aromatic rings. The molecule has 1 amide bonds. The van der Waals surface area contributed by atoms with Crippen LogP contribution < -0.4 is 10.6 Å². The Kier molecular flexibility index (Phi) is 5.53. The standard InChI is InChI=1S/C21H18B3N7O2/c22-21(23,24)31-10-15(9-28-31)16-5-13-6-18(27-8-14(13)7-26-16)30-19(32)17-11-33-20(29-17)12-1-3-25-4-2-12/h5-12,25H,1-4H2,(H,27,30,32).